The zero-order valence-corrected chi connectivity index (χ0v) is 18.3. The molecule has 5 nitrogen and oxygen atoms in total. The van der Waals surface area contributed by atoms with Crippen LogP contribution in [0, 0.1) is 9.49 Å². The Labute approximate surface area is 174 Å². The van der Waals surface area contributed by atoms with E-state index < -0.39 is 0 Å². The molecule has 6 heteroatoms. The molecule has 0 spiro atoms. The summed E-state index contributed by atoms with van der Waals surface area (Å²) in [6.07, 6.45) is 0.991. The van der Waals surface area contributed by atoms with Crippen LogP contribution in [0.25, 0.3) is 0 Å². The Hall–Kier alpha value is -1.96. The summed E-state index contributed by atoms with van der Waals surface area (Å²) in [6, 6.07) is 11.3. The van der Waals surface area contributed by atoms with Crippen LogP contribution in [-0.4, -0.2) is 26.7 Å². The minimum Gasteiger partial charge on any atom is -0.493 e. The normalized spacial score (nSPS) is 10.6. The predicted octanol–water partition coefficient (Wildman–Crippen LogP) is 4.66. The van der Waals surface area contributed by atoms with Crippen molar-refractivity contribution in [3.63, 3.8) is 0 Å². The zero-order chi connectivity index (χ0) is 19.8. The van der Waals surface area contributed by atoms with Gasteiger partial charge in [0.2, 0.25) is 0 Å². The summed E-state index contributed by atoms with van der Waals surface area (Å²) in [4.78, 5) is 12.7. The smallest absolute Gasteiger partial charge is 0.252 e. The SMILES string of the molecule is COc1cc(I)c(C(=O)NCc2ccccc2OCCC(C)C)cc1OC. The van der Waals surface area contributed by atoms with Crippen LogP contribution in [0.2, 0.25) is 0 Å². The molecule has 1 amide bonds. The molecule has 2 aromatic rings. The first-order valence-electron chi connectivity index (χ1n) is 8.86. The monoisotopic (exact) mass is 483 g/mol. The molecular weight excluding hydrogens is 457 g/mol. The van der Waals surface area contributed by atoms with E-state index >= 15 is 0 Å². The third kappa shape index (κ3) is 6.02. The molecule has 0 fully saturated rings. The molecule has 27 heavy (non-hydrogen) atoms. The van der Waals surface area contributed by atoms with Crippen LogP contribution in [0.3, 0.4) is 0 Å². The standard InChI is InChI=1S/C21H26INO4/c1-14(2)9-10-27-18-8-6-5-7-15(18)13-23-21(24)16-11-19(25-3)20(26-4)12-17(16)22/h5-8,11-12,14H,9-10,13H2,1-4H3,(H,23,24). The van der Waals surface area contributed by atoms with Crippen LogP contribution < -0.4 is 19.5 Å². The zero-order valence-electron chi connectivity index (χ0n) is 16.2. The number of rotatable bonds is 9. The molecule has 0 aliphatic rings. The Kier molecular flexibility index (Phi) is 8.22. The fourth-order valence-corrected chi connectivity index (χ4v) is 3.18. The number of halogens is 1. The van der Waals surface area contributed by atoms with Gasteiger partial charge >= 0.3 is 0 Å². The van der Waals surface area contributed by atoms with Crippen molar-refractivity contribution in [2.45, 2.75) is 26.8 Å². The van der Waals surface area contributed by atoms with Crippen molar-refractivity contribution in [2.75, 3.05) is 20.8 Å². The minimum atomic E-state index is -0.169. The maximum atomic E-state index is 12.7. The van der Waals surface area contributed by atoms with Crippen LogP contribution >= 0.6 is 22.6 Å². The van der Waals surface area contributed by atoms with E-state index in [4.69, 9.17) is 14.2 Å². The number of amides is 1. The summed E-state index contributed by atoms with van der Waals surface area (Å²) >= 11 is 2.12. The van der Waals surface area contributed by atoms with Gasteiger partial charge < -0.3 is 19.5 Å². The van der Waals surface area contributed by atoms with E-state index in [0.29, 0.717) is 36.1 Å². The van der Waals surface area contributed by atoms with Crippen molar-refractivity contribution in [1.82, 2.24) is 5.32 Å². The number of hydrogen-bond acceptors (Lipinski definition) is 4. The van der Waals surface area contributed by atoms with Crippen molar-refractivity contribution < 1.29 is 19.0 Å². The van der Waals surface area contributed by atoms with E-state index in [2.05, 4.69) is 41.8 Å². The van der Waals surface area contributed by atoms with Crippen molar-refractivity contribution in [3.8, 4) is 17.2 Å². The lowest BCUT2D eigenvalue weighted by atomic mass is 10.1. The fourth-order valence-electron chi connectivity index (χ4n) is 2.49. The maximum absolute atomic E-state index is 12.7. The molecule has 2 aromatic carbocycles. The van der Waals surface area contributed by atoms with Gasteiger partial charge in [-0.2, -0.15) is 0 Å². The van der Waals surface area contributed by atoms with E-state index in [9.17, 15) is 4.79 Å². The molecule has 0 bridgehead atoms. The molecule has 0 unspecified atom stereocenters. The Bertz CT molecular complexity index is 777. The van der Waals surface area contributed by atoms with E-state index in [1.54, 1.807) is 26.4 Å². The number of hydrogen-bond donors (Lipinski definition) is 1. The average molecular weight is 483 g/mol. The summed E-state index contributed by atoms with van der Waals surface area (Å²) in [5, 5.41) is 2.96. The van der Waals surface area contributed by atoms with Crippen LogP contribution in [0.1, 0.15) is 36.2 Å². The van der Waals surface area contributed by atoms with Crippen LogP contribution in [-0.2, 0) is 6.54 Å². The van der Waals surface area contributed by atoms with Gasteiger partial charge in [0.25, 0.3) is 5.91 Å². The van der Waals surface area contributed by atoms with Gasteiger partial charge in [-0.1, -0.05) is 32.0 Å². The van der Waals surface area contributed by atoms with Gasteiger partial charge in [-0.25, -0.2) is 0 Å². The van der Waals surface area contributed by atoms with Crippen molar-refractivity contribution in [3.05, 3.63) is 51.1 Å². The van der Waals surface area contributed by atoms with Gasteiger partial charge in [0.15, 0.2) is 11.5 Å². The predicted molar refractivity (Wildman–Crippen MR) is 115 cm³/mol. The van der Waals surface area contributed by atoms with E-state index in [1.165, 1.54) is 0 Å². The highest BCUT2D eigenvalue weighted by Gasteiger charge is 2.16. The third-order valence-corrected chi connectivity index (χ3v) is 4.98. The first-order chi connectivity index (χ1) is 13.0. The fraction of sp³-hybridized carbons (Fsp3) is 0.381. The second-order valence-electron chi connectivity index (χ2n) is 6.51. The molecule has 0 saturated carbocycles. The third-order valence-electron chi connectivity index (χ3n) is 4.08. The van der Waals surface area contributed by atoms with Crippen LogP contribution in [0.5, 0.6) is 17.2 Å². The minimum absolute atomic E-state index is 0.169. The van der Waals surface area contributed by atoms with Crippen molar-refractivity contribution in [1.29, 1.82) is 0 Å². The Morgan fingerprint density at radius 1 is 1.07 bits per heavy atom. The Balaban J connectivity index is 2.08. The highest BCUT2D eigenvalue weighted by Crippen LogP contribution is 2.31. The molecule has 146 valence electrons. The summed E-state index contributed by atoms with van der Waals surface area (Å²) in [7, 11) is 3.13. The number of carbonyl (C=O) groups excluding carboxylic acids is 1. The molecule has 0 atom stereocenters. The molecule has 0 aliphatic carbocycles. The Morgan fingerprint density at radius 3 is 2.41 bits per heavy atom. The van der Waals surface area contributed by atoms with Crippen LogP contribution in [0.4, 0.5) is 0 Å². The number of ether oxygens (including phenoxy) is 3. The number of carbonyl (C=O) groups is 1. The van der Waals surface area contributed by atoms with Crippen molar-refractivity contribution in [2.24, 2.45) is 5.92 Å². The van der Waals surface area contributed by atoms with Crippen LogP contribution in [0.15, 0.2) is 36.4 Å². The molecule has 0 saturated heterocycles. The summed E-state index contributed by atoms with van der Waals surface area (Å²) in [5.41, 5.74) is 1.50. The lowest BCUT2D eigenvalue weighted by molar-refractivity contribution is 0.0949. The number of methoxy groups -OCH3 is 2. The summed E-state index contributed by atoms with van der Waals surface area (Å²) in [6.45, 7) is 5.39. The molecule has 2 rings (SSSR count). The average Bonchev–Trinajstić information content (AvgIpc) is 2.66. The summed E-state index contributed by atoms with van der Waals surface area (Å²) in [5.74, 6) is 2.35. The van der Waals surface area contributed by atoms with E-state index in [0.717, 1.165) is 21.3 Å². The molecule has 1 N–H and O–H groups in total. The maximum Gasteiger partial charge on any atom is 0.252 e. The van der Waals surface area contributed by atoms with Gasteiger partial charge in [-0.15, -0.1) is 0 Å². The second kappa shape index (κ2) is 10.4. The van der Waals surface area contributed by atoms with Gasteiger partial charge in [0.1, 0.15) is 5.75 Å². The van der Waals surface area contributed by atoms with Crippen molar-refractivity contribution >= 4 is 28.5 Å². The number of nitrogens with one attached hydrogen (secondary N) is 1. The number of benzene rings is 2. The van der Waals surface area contributed by atoms with Gasteiger partial charge in [-0.05, 0) is 53.1 Å². The van der Waals surface area contributed by atoms with Gasteiger partial charge in [0, 0.05) is 15.7 Å². The summed E-state index contributed by atoms with van der Waals surface area (Å²) < 4.78 is 17.3. The van der Waals surface area contributed by atoms with Gasteiger partial charge in [0.05, 0.1) is 26.4 Å². The van der Waals surface area contributed by atoms with E-state index in [1.807, 2.05) is 24.3 Å². The first kappa shape index (κ1) is 21.3. The Morgan fingerprint density at radius 2 is 1.74 bits per heavy atom. The molecule has 0 heterocycles. The number of para-hydroxylation sites is 1. The molecular formula is C21H26INO4. The highest BCUT2D eigenvalue weighted by atomic mass is 127. The van der Waals surface area contributed by atoms with Gasteiger partial charge in [-0.3, -0.25) is 4.79 Å². The first-order valence-corrected chi connectivity index (χ1v) is 9.94. The molecule has 0 aliphatic heterocycles. The molecule has 0 aromatic heterocycles. The largest absolute Gasteiger partial charge is 0.493 e. The lowest BCUT2D eigenvalue weighted by Crippen LogP contribution is -2.24. The topological polar surface area (TPSA) is 56.8 Å². The highest BCUT2D eigenvalue weighted by molar-refractivity contribution is 14.1. The second-order valence-corrected chi connectivity index (χ2v) is 7.67. The van der Waals surface area contributed by atoms with E-state index in [-0.39, 0.29) is 5.91 Å². The molecule has 0 radical (unpaired) electrons. The lowest BCUT2D eigenvalue weighted by Gasteiger charge is -2.14. The quantitative estimate of drug-likeness (QED) is 0.528.